The second-order valence-electron chi connectivity index (χ2n) is 10.3. The summed E-state index contributed by atoms with van der Waals surface area (Å²) in [7, 11) is 0. The monoisotopic (exact) mass is 462 g/mol. The fourth-order valence-corrected chi connectivity index (χ4v) is 5.71. The molecule has 2 amide bonds. The van der Waals surface area contributed by atoms with Crippen molar-refractivity contribution in [1.82, 2.24) is 14.8 Å². The topological polar surface area (TPSA) is 88.8 Å². The molecule has 34 heavy (non-hydrogen) atoms. The third-order valence-electron chi connectivity index (χ3n) is 8.02. The Morgan fingerprint density at radius 2 is 1.91 bits per heavy atom. The van der Waals surface area contributed by atoms with E-state index >= 15 is 0 Å². The van der Waals surface area contributed by atoms with E-state index in [-0.39, 0.29) is 17.9 Å². The van der Waals surface area contributed by atoms with Crippen LogP contribution in [0.1, 0.15) is 67.2 Å². The Labute approximate surface area is 201 Å². The third-order valence-corrected chi connectivity index (χ3v) is 8.02. The number of hydrogen-bond donors (Lipinski definition) is 1. The van der Waals surface area contributed by atoms with Gasteiger partial charge in [-0.05, 0) is 67.2 Å². The van der Waals surface area contributed by atoms with Crippen LogP contribution in [-0.4, -0.2) is 59.1 Å². The van der Waals surface area contributed by atoms with Gasteiger partial charge in [0.2, 0.25) is 0 Å². The molecule has 3 aliphatic rings. The van der Waals surface area contributed by atoms with E-state index in [0.717, 1.165) is 69.4 Å². The molecule has 1 aromatic heterocycles. The van der Waals surface area contributed by atoms with Gasteiger partial charge in [-0.15, -0.1) is 0 Å². The number of fused-ring (bicyclic) bond motifs is 1. The molecule has 2 saturated heterocycles. The summed E-state index contributed by atoms with van der Waals surface area (Å²) >= 11 is 0. The summed E-state index contributed by atoms with van der Waals surface area (Å²) in [6.07, 6.45) is 6.76. The van der Waals surface area contributed by atoms with Crippen LogP contribution < -0.4 is 5.73 Å². The van der Waals surface area contributed by atoms with E-state index in [4.69, 9.17) is 10.5 Å². The highest BCUT2D eigenvalue weighted by Gasteiger charge is 2.48. The molecule has 1 spiro atoms. The second-order valence-corrected chi connectivity index (χ2v) is 10.3. The van der Waals surface area contributed by atoms with Crippen LogP contribution in [0.3, 0.4) is 0 Å². The van der Waals surface area contributed by atoms with Gasteiger partial charge in [0.15, 0.2) is 0 Å². The van der Waals surface area contributed by atoms with E-state index in [1.807, 2.05) is 24.8 Å². The quantitative estimate of drug-likeness (QED) is 0.721. The maximum Gasteiger partial charge on any atom is 0.410 e. The van der Waals surface area contributed by atoms with Crippen LogP contribution >= 0.6 is 0 Å². The lowest BCUT2D eigenvalue weighted by Crippen LogP contribution is -2.61. The predicted octanol–water partition coefficient (Wildman–Crippen LogP) is 4.17. The number of primary amides is 1. The molecular formula is C27H34N4O3. The molecular weight excluding hydrogens is 428 g/mol. The van der Waals surface area contributed by atoms with Crippen molar-refractivity contribution < 1.29 is 14.3 Å². The molecule has 5 rings (SSSR count). The van der Waals surface area contributed by atoms with Gasteiger partial charge in [0, 0.05) is 44.0 Å². The number of hydrogen-bond acceptors (Lipinski definition) is 5. The lowest BCUT2D eigenvalue weighted by Gasteiger charge is -2.56. The van der Waals surface area contributed by atoms with Crippen LogP contribution in [0.2, 0.25) is 0 Å². The van der Waals surface area contributed by atoms with Crippen molar-refractivity contribution in [3.8, 4) is 11.1 Å². The summed E-state index contributed by atoms with van der Waals surface area (Å²) < 4.78 is 5.51. The highest BCUT2D eigenvalue weighted by molar-refractivity contribution is 5.91. The minimum absolute atomic E-state index is 0.0173. The molecule has 3 heterocycles. The standard InChI is InChI=1S/C27H34N4O3/c1-3-18(2)34-26(33)30-12-10-27(11-13-30)16-31(17-27)24-9-6-20-14-19(4-7-22(20)24)21-5-8-23(25(28)32)29-15-21/h4-5,7-8,14-15,18,24H,3,6,9-13,16-17H2,1-2H3,(H2,28,32)/t18?,24-/m1/s1. The maximum atomic E-state index is 12.3. The zero-order valence-corrected chi connectivity index (χ0v) is 20.1. The molecule has 2 aromatic rings. The average molecular weight is 463 g/mol. The van der Waals surface area contributed by atoms with Crippen molar-refractivity contribution >= 4 is 12.0 Å². The van der Waals surface area contributed by atoms with Crippen LogP contribution in [0.25, 0.3) is 11.1 Å². The number of nitrogens with zero attached hydrogens (tertiary/aromatic N) is 3. The fraction of sp³-hybridized carbons (Fsp3) is 0.519. The first-order valence-electron chi connectivity index (χ1n) is 12.5. The predicted molar refractivity (Wildman–Crippen MR) is 130 cm³/mol. The Bertz CT molecular complexity index is 1070. The van der Waals surface area contributed by atoms with Gasteiger partial charge in [0.1, 0.15) is 11.8 Å². The molecule has 0 radical (unpaired) electrons. The summed E-state index contributed by atoms with van der Waals surface area (Å²) in [6, 6.07) is 10.8. The van der Waals surface area contributed by atoms with E-state index in [0.29, 0.717) is 11.5 Å². The van der Waals surface area contributed by atoms with Crippen LogP contribution in [-0.2, 0) is 11.2 Å². The van der Waals surface area contributed by atoms with Crippen molar-refractivity contribution in [2.24, 2.45) is 11.1 Å². The Hall–Kier alpha value is -2.93. The van der Waals surface area contributed by atoms with E-state index in [2.05, 4.69) is 28.1 Å². The first-order valence-corrected chi connectivity index (χ1v) is 12.5. The zero-order valence-electron chi connectivity index (χ0n) is 20.1. The molecule has 0 bridgehead atoms. The average Bonchev–Trinajstić information content (AvgIpc) is 3.25. The number of rotatable bonds is 5. The molecule has 7 heteroatoms. The van der Waals surface area contributed by atoms with Gasteiger partial charge in [0.25, 0.3) is 5.91 Å². The number of pyridine rings is 1. The highest BCUT2D eigenvalue weighted by Crippen LogP contribution is 2.48. The second kappa shape index (κ2) is 9.02. The summed E-state index contributed by atoms with van der Waals surface area (Å²) in [5, 5.41) is 0. The van der Waals surface area contributed by atoms with Gasteiger partial charge in [0.05, 0.1) is 0 Å². The zero-order chi connectivity index (χ0) is 23.9. The van der Waals surface area contributed by atoms with Crippen LogP contribution in [0.4, 0.5) is 4.79 Å². The molecule has 0 saturated carbocycles. The number of aromatic nitrogens is 1. The molecule has 180 valence electrons. The Morgan fingerprint density at radius 1 is 1.18 bits per heavy atom. The van der Waals surface area contributed by atoms with Crippen molar-refractivity contribution in [3.05, 3.63) is 53.3 Å². The molecule has 2 N–H and O–H groups in total. The molecule has 2 aliphatic heterocycles. The molecule has 2 fully saturated rings. The van der Waals surface area contributed by atoms with Gasteiger partial charge >= 0.3 is 6.09 Å². The SMILES string of the molecule is CCC(C)OC(=O)N1CCC2(CC1)CN([C@@H]1CCc3cc(-c4ccc(C(N)=O)nc4)ccc31)C2. The van der Waals surface area contributed by atoms with Gasteiger partial charge in [-0.3, -0.25) is 14.7 Å². The van der Waals surface area contributed by atoms with Crippen LogP contribution in [0.5, 0.6) is 0 Å². The van der Waals surface area contributed by atoms with E-state index in [1.165, 1.54) is 11.1 Å². The first kappa shape index (κ1) is 22.8. The van der Waals surface area contributed by atoms with E-state index in [9.17, 15) is 9.59 Å². The first-order chi connectivity index (χ1) is 16.4. The molecule has 1 aliphatic carbocycles. The van der Waals surface area contributed by atoms with Gasteiger partial charge in [-0.1, -0.05) is 31.2 Å². The number of ether oxygens (including phenoxy) is 1. The molecule has 2 atom stereocenters. The minimum Gasteiger partial charge on any atom is -0.446 e. The molecule has 7 nitrogen and oxygen atoms in total. The summed E-state index contributed by atoms with van der Waals surface area (Å²) in [5.41, 5.74) is 10.9. The normalized spacial score (nSPS) is 22.2. The van der Waals surface area contributed by atoms with E-state index < -0.39 is 5.91 Å². The van der Waals surface area contributed by atoms with Crippen molar-refractivity contribution in [1.29, 1.82) is 0 Å². The Kier molecular flexibility index (Phi) is 6.06. The Morgan fingerprint density at radius 3 is 2.56 bits per heavy atom. The van der Waals surface area contributed by atoms with Crippen molar-refractivity contribution in [2.45, 2.75) is 58.1 Å². The van der Waals surface area contributed by atoms with Crippen LogP contribution in [0, 0.1) is 5.41 Å². The number of benzene rings is 1. The fourth-order valence-electron chi connectivity index (χ4n) is 5.71. The molecule has 1 unspecified atom stereocenters. The number of nitrogens with two attached hydrogens (primary N) is 1. The summed E-state index contributed by atoms with van der Waals surface area (Å²) in [5.74, 6) is -0.507. The number of aryl methyl sites for hydroxylation is 1. The van der Waals surface area contributed by atoms with Gasteiger partial charge in [-0.2, -0.15) is 0 Å². The number of likely N-dealkylation sites (tertiary alicyclic amines) is 2. The molecule has 1 aromatic carbocycles. The summed E-state index contributed by atoms with van der Waals surface area (Å²) in [4.78, 5) is 32.3. The minimum atomic E-state index is -0.507. The summed E-state index contributed by atoms with van der Waals surface area (Å²) in [6.45, 7) is 7.82. The number of piperidine rings is 1. The van der Waals surface area contributed by atoms with Crippen LogP contribution in [0.15, 0.2) is 36.5 Å². The maximum absolute atomic E-state index is 12.3. The van der Waals surface area contributed by atoms with Gasteiger partial charge in [-0.25, -0.2) is 4.79 Å². The smallest absolute Gasteiger partial charge is 0.410 e. The Balaban J connectivity index is 1.18. The third kappa shape index (κ3) is 4.29. The van der Waals surface area contributed by atoms with Gasteiger partial charge < -0.3 is 15.4 Å². The number of amides is 2. The lowest BCUT2D eigenvalue weighted by molar-refractivity contribution is -0.0691. The van der Waals surface area contributed by atoms with Crippen molar-refractivity contribution in [2.75, 3.05) is 26.2 Å². The van der Waals surface area contributed by atoms with E-state index in [1.54, 1.807) is 12.3 Å². The van der Waals surface area contributed by atoms with Crippen molar-refractivity contribution in [3.63, 3.8) is 0 Å². The largest absolute Gasteiger partial charge is 0.446 e. The lowest BCUT2D eigenvalue weighted by atomic mass is 9.71. The number of carbonyl (C=O) groups is 2. The number of carbonyl (C=O) groups excluding carboxylic acids is 2. The highest BCUT2D eigenvalue weighted by atomic mass is 16.6.